The lowest BCUT2D eigenvalue weighted by Gasteiger charge is -2.32. The van der Waals surface area contributed by atoms with Gasteiger partial charge in [0.1, 0.15) is 17.9 Å². The molecule has 3 heterocycles. The van der Waals surface area contributed by atoms with E-state index in [2.05, 4.69) is 10.4 Å². The Morgan fingerprint density at radius 3 is 2.82 bits per heavy atom. The van der Waals surface area contributed by atoms with Crippen LogP contribution in [0.4, 0.5) is 5.69 Å². The van der Waals surface area contributed by atoms with Crippen molar-refractivity contribution in [3.8, 4) is 0 Å². The van der Waals surface area contributed by atoms with Crippen molar-refractivity contribution in [2.24, 2.45) is 0 Å². The molecule has 1 aromatic heterocycles. The van der Waals surface area contributed by atoms with Crippen LogP contribution in [0.3, 0.4) is 0 Å². The summed E-state index contributed by atoms with van der Waals surface area (Å²) in [5.41, 5.74) is -1.03. The fraction of sp³-hybridized carbons (Fsp3) is 0.714. The Hall–Kier alpha value is -1.96. The van der Waals surface area contributed by atoms with E-state index >= 15 is 0 Å². The van der Waals surface area contributed by atoms with Gasteiger partial charge in [0.2, 0.25) is 5.91 Å². The SMILES string of the molecule is CC(C)(C(=O)N1CCC2CCC(C1)N2)n1cc([N+](=O)[O-])cn1. The largest absolute Gasteiger partial charge is 0.339 e. The second-order valence-electron chi connectivity index (χ2n) is 6.64. The summed E-state index contributed by atoms with van der Waals surface area (Å²) in [6.45, 7) is 4.92. The summed E-state index contributed by atoms with van der Waals surface area (Å²) in [4.78, 5) is 25.1. The maximum absolute atomic E-state index is 12.9. The molecular weight excluding hydrogens is 286 g/mol. The van der Waals surface area contributed by atoms with Crippen LogP contribution in [0.25, 0.3) is 0 Å². The molecule has 2 aliphatic heterocycles. The number of carbonyl (C=O) groups is 1. The zero-order chi connectivity index (χ0) is 15.9. The fourth-order valence-corrected chi connectivity index (χ4v) is 3.33. The number of rotatable bonds is 3. The average Bonchev–Trinajstić information content (AvgIpc) is 3.05. The highest BCUT2D eigenvalue weighted by Crippen LogP contribution is 2.25. The minimum Gasteiger partial charge on any atom is -0.339 e. The molecule has 2 atom stereocenters. The minimum atomic E-state index is -0.933. The van der Waals surface area contributed by atoms with Gasteiger partial charge in [0.05, 0.1) is 4.92 Å². The molecule has 1 amide bonds. The summed E-state index contributed by atoms with van der Waals surface area (Å²) in [5, 5.41) is 18.3. The van der Waals surface area contributed by atoms with E-state index in [-0.39, 0.29) is 11.6 Å². The highest BCUT2D eigenvalue weighted by atomic mass is 16.6. The molecule has 0 radical (unpaired) electrons. The third-order valence-electron chi connectivity index (χ3n) is 4.69. The second-order valence-corrected chi connectivity index (χ2v) is 6.64. The maximum Gasteiger partial charge on any atom is 0.307 e. The first-order valence-corrected chi connectivity index (χ1v) is 7.63. The van der Waals surface area contributed by atoms with Crippen molar-refractivity contribution in [2.75, 3.05) is 13.1 Å². The fourth-order valence-electron chi connectivity index (χ4n) is 3.33. The molecule has 22 heavy (non-hydrogen) atoms. The number of aromatic nitrogens is 2. The van der Waals surface area contributed by atoms with Crippen molar-refractivity contribution in [1.82, 2.24) is 20.0 Å². The van der Waals surface area contributed by atoms with Crippen molar-refractivity contribution >= 4 is 11.6 Å². The van der Waals surface area contributed by atoms with E-state index in [1.165, 1.54) is 23.5 Å². The van der Waals surface area contributed by atoms with Gasteiger partial charge in [-0.1, -0.05) is 0 Å². The molecular formula is C14H21N5O3. The van der Waals surface area contributed by atoms with E-state index in [0.29, 0.717) is 18.6 Å². The van der Waals surface area contributed by atoms with Crippen LogP contribution in [0.5, 0.6) is 0 Å². The minimum absolute atomic E-state index is 0.0418. The summed E-state index contributed by atoms with van der Waals surface area (Å²) in [6.07, 6.45) is 5.74. The first-order valence-electron chi connectivity index (χ1n) is 7.63. The number of likely N-dealkylation sites (tertiary alicyclic amines) is 1. The number of hydrogen-bond acceptors (Lipinski definition) is 5. The molecule has 0 saturated carbocycles. The predicted octanol–water partition coefficient (Wildman–Crippen LogP) is 0.879. The number of nitro groups is 1. The van der Waals surface area contributed by atoms with Crippen molar-refractivity contribution in [1.29, 1.82) is 0 Å². The highest BCUT2D eigenvalue weighted by molar-refractivity contribution is 5.83. The molecule has 0 spiro atoms. The number of nitrogens with one attached hydrogen (secondary N) is 1. The third-order valence-corrected chi connectivity index (χ3v) is 4.69. The smallest absolute Gasteiger partial charge is 0.307 e. The van der Waals surface area contributed by atoms with Crippen LogP contribution in [-0.2, 0) is 10.3 Å². The Labute approximate surface area is 128 Å². The van der Waals surface area contributed by atoms with Gasteiger partial charge in [-0.15, -0.1) is 0 Å². The zero-order valence-corrected chi connectivity index (χ0v) is 12.9. The van der Waals surface area contributed by atoms with Gasteiger partial charge in [0, 0.05) is 25.2 Å². The molecule has 120 valence electrons. The van der Waals surface area contributed by atoms with Gasteiger partial charge in [-0.3, -0.25) is 19.6 Å². The van der Waals surface area contributed by atoms with E-state index in [9.17, 15) is 14.9 Å². The van der Waals surface area contributed by atoms with Crippen LogP contribution in [0.15, 0.2) is 12.4 Å². The Kier molecular flexibility index (Phi) is 3.64. The van der Waals surface area contributed by atoms with Gasteiger partial charge in [-0.25, -0.2) is 0 Å². The van der Waals surface area contributed by atoms with E-state index < -0.39 is 10.5 Å². The summed E-state index contributed by atoms with van der Waals surface area (Å²) in [6, 6.07) is 0.871. The summed E-state index contributed by atoms with van der Waals surface area (Å²) in [7, 11) is 0. The Balaban J connectivity index is 1.78. The van der Waals surface area contributed by atoms with Gasteiger partial charge in [0.25, 0.3) is 0 Å². The van der Waals surface area contributed by atoms with Crippen molar-refractivity contribution in [3.63, 3.8) is 0 Å². The molecule has 2 bridgehead atoms. The molecule has 2 saturated heterocycles. The highest BCUT2D eigenvalue weighted by Gasteiger charge is 2.39. The molecule has 2 fully saturated rings. The standard InChI is InChI=1S/C14H21N5O3/c1-14(2,18-9-12(7-15-18)19(21)22)13(20)17-6-5-10-3-4-11(8-17)16-10/h7,9-11,16H,3-6,8H2,1-2H3. The lowest BCUT2D eigenvalue weighted by atomic mass is 10.0. The van der Waals surface area contributed by atoms with Crippen molar-refractivity contribution < 1.29 is 9.72 Å². The monoisotopic (exact) mass is 307 g/mol. The predicted molar refractivity (Wildman–Crippen MR) is 79.3 cm³/mol. The number of hydrogen-bond donors (Lipinski definition) is 1. The van der Waals surface area contributed by atoms with E-state index in [1.54, 1.807) is 13.8 Å². The molecule has 3 rings (SSSR count). The number of nitrogens with zero attached hydrogens (tertiary/aromatic N) is 4. The van der Waals surface area contributed by atoms with Crippen LogP contribution in [-0.4, -0.2) is 50.7 Å². The first-order chi connectivity index (χ1) is 10.4. The number of carbonyl (C=O) groups excluding carboxylic acids is 1. The number of amides is 1. The normalized spacial score (nSPS) is 25.1. The maximum atomic E-state index is 12.9. The molecule has 2 unspecified atom stereocenters. The van der Waals surface area contributed by atoms with Crippen molar-refractivity contribution in [3.05, 3.63) is 22.5 Å². The van der Waals surface area contributed by atoms with Gasteiger partial charge < -0.3 is 10.2 Å². The summed E-state index contributed by atoms with van der Waals surface area (Å²) < 4.78 is 1.39. The molecule has 0 aromatic carbocycles. The topological polar surface area (TPSA) is 93.3 Å². The zero-order valence-electron chi connectivity index (χ0n) is 12.9. The van der Waals surface area contributed by atoms with Crippen LogP contribution < -0.4 is 5.32 Å². The Morgan fingerprint density at radius 1 is 1.41 bits per heavy atom. The van der Waals surface area contributed by atoms with Gasteiger partial charge in [0.15, 0.2) is 0 Å². The van der Waals surface area contributed by atoms with Gasteiger partial charge >= 0.3 is 5.69 Å². The Morgan fingerprint density at radius 2 is 2.14 bits per heavy atom. The molecule has 8 heteroatoms. The van der Waals surface area contributed by atoms with E-state index in [0.717, 1.165) is 19.4 Å². The number of fused-ring (bicyclic) bond motifs is 2. The first kappa shape index (κ1) is 15.0. The van der Waals surface area contributed by atoms with Gasteiger partial charge in [-0.2, -0.15) is 5.10 Å². The van der Waals surface area contributed by atoms with Crippen LogP contribution in [0.2, 0.25) is 0 Å². The average molecular weight is 307 g/mol. The van der Waals surface area contributed by atoms with E-state index in [4.69, 9.17) is 0 Å². The van der Waals surface area contributed by atoms with Gasteiger partial charge in [-0.05, 0) is 33.1 Å². The lowest BCUT2D eigenvalue weighted by Crippen LogP contribution is -2.49. The van der Waals surface area contributed by atoms with Crippen molar-refractivity contribution in [2.45, 2.75) is 50.7 Å². The molecule has 2 aliphatic rings. The molecule has 1 aromatic rings. The lowest BCUT2D eigenvalue weighted by molar-refractivity contribution is -0.385. The van der Waals surface area contributed by atoms with Crippen LogP contribution in [0.1, 0.15) is 33.1 Å². The Bertz CT molecular complexity index is 597. The quantitative estimate of drug-likeness (QED) is 0.661. The second kappa shape index (κ2) is 5.35. The third kappa shape index (κ3) is 2.58. The molecule has 1 N–H and O–H groups in total. The summed E-state index contributed by atoms with van der Waals surface area (Å²) >= 11 is 0. The van der Waals surface area contributed by atoms with E-state index in [1.807, 2.05) is 4.90 Å². The molecule has 0 aliphatic carbocycles. The molecule has 8 nitrogen and oxygen atoms in total. The van der Waals surface area contributed by atoms with Crippen LogP contribution in [0, 0.1) is 10.1 Å². The summed E-state index contributed by atoms with van der Waals surface area (Å²) in [5.74, 6) is -0.0418. The van der Waals surface area contributed by atoms with Crippen LogP contribution >= 0.6 is 0 Å².